The molecule has 0 amide bonds. The third kappa shape index (κ3) is 5.45. The zero-order valence-corrected chi connectivity index (χ0v) is 15.4. The first-order valence-corrected chi connectivity index (χ1v) is 10.0. The molecular weight excluding hydrogens is 304 g/mol. The number of cyclic esters (lactones) is 1. The average Bonchev–Trinajstić information content (AvgIpc) is 3.47. The van der Waals surface area contributed by atoms with E-state index >= 15 is 0 Å². The Labute approximate surface area is 146 Å². The molecule has 138 valence electrons. The quantitative estimate of drug-likeness (QED) is 0.485. The number of fused-ring (bicyclic) bond motifs is 2. The number of esters is 1. The number of epoxide rings is 2. The number of ether oxygens (including phenoxy) is 3. The molecule has 3 saturated heterocycles. The Balaban J connectivity index is 0.000000108. The topological polar surface area (TPSA) is 51.4 Å². The van der Waals surface area contributed by atoms with E-state index in [9.17, 15) is 4.79 Å². The number of rotatable bonds is 0. The number of hydrogen-bond donors (Lipinski definition) is 0. The average molecular weight is 338 g/mol. The molecule has 5 fully saturated rings. The van der Waals surface area contributed by atoms with E-state index in [4.69, 9.17) is 14.2 Å². The van der Waals surface area contributed by atoms with E-state index in [0.717, 1.165) is 19.3 Å². The maximum absolute atomic E-state index is 11.1. The Morgan fingerprint density at radius 1 is 0.750 bits per heavy atom. The van der Waals surface area contributed by atoms with Crippen molar-refractivity contribution in [3.63, 3.8) is 0 Å². The molecule has 0 radical (unpaired) electrons. The normalized spacial score (nSPS) is 38.5. The van der Waals surface area contributed by atoms with E-state index in [0.29, 0.717) is 31.0 Å². The molecule has 24 heavy (non-hydrogen) atoms. The van der Waals surface area contributed by atoms with Gasteiger partial charge in [-0.1, -0.05) is 25.7 Å². The van der Waals surface area contributed by atoms with Crippen molar-refractivity contribution in [3.8, 4) is 0 Å². The van der Waals surface area contributed by atoms with Gasteiger partial charge in [0.25, 0.3) is 0 Å². The predicted octanol–water partition coefficient (Wildman–Crippen LogP) is 4.40. The molecule has 4 nitrogen and oxygen atoms in total. The highest BCUT2D eigenvalue weighted by molar-refractivity contribution is 5.76. The van der Waals surface area contributed by atoms with Gasteiger partial charge in [0.05, 0.1) is 36.4 Å². The summed E-state index contributed by atoms with van der Waals surface area (Å²) >= 11 is 0. The molecule has 0 aromatic rings. The fourth-order valence-electron chi connectivity index (χ4n) is 3.89. The number of hydrogen-bond acceptors (Lipinski definition) is 4. The lowest BCUT2D eigenvalue weighted by molar-refractivity contribution is -0.152. The van der Waals surface area contributed by atoms with Gasteiger partial charge in [0.1, 0.15) is 0 Å². The van der Waals surface area contributed by atoms with Crippen LogP contribution in [0.25, 0.3) is 0 Å². The van der Waals surface area contributed by atoms with Gasteiger partial charge in [-0.15, -0.1) is 0 Å². The third-order valence-electron chi connectivity index (χ3n) is 5.81. The van der Waals surface area contributed by atoms with Crippen molar-refractivity contribution in [2.45, 2.75) is 109 Å². The van der Waals surface area contributed by atoms with E-state index in [1.807, 2.05) is 13.8 Å². The van der Waals surface area contributed by atoms with E-state index < -0.39 is 0 Å². The lowest BCUT2D eigenvalue weighted by Gasteiger charge is -2.17. The van der Waals surface area contributed by atoms with E-state index in [2.05, 4.69) is 0 Å². The largest absolute Gasteiger partial charge is 0.465 e. The third-order valence-corrected chi connectivity index (χ3v) is 5.81. The zero-order valence-electron chi connectivity index (χ0n) is 15.4. The van der Waals surface area contributed by atoms with Crippen molar-refractivity contribution in [2.24, 2.45) is 5.41 Å². The summed E-state index contributed by atoms with van der Waals surface area (Å²) in [5.74, 6) is -0.0370. The summed E-state index contributed by atoms with van der Waals surface area (Å²) in [6.07, 6.45) is 16.9. The minimum absolute atomic E-state index is 0.0370. The van der Waals surface area contributed by atoms with Crippen LogP contribution in [0.4, 0.5) is 0 Å². The summed E-state index contributed by atoms with van der Waals surface area (Å²) in [6.45, 7) is 4.50. The van der Waals surface area contributed by atoms with E-state index in [1.165, 1.54) is 51.4 Å². The highest BCUT2D eigenvalue weighted by atomic mass is 16.6. The molecule has 4 heteroatoms. The lowest BCUT2D eigenvalue weighted by atomic mass is 9.88. The Hall–Kier alpha value is -0.610. The Morgan fingerprint density at radius 3 is 1.62 bits per heavy atom. The van der Waals surface area contributed by atoms with Gasteiger partial charge in [-0.3, -0.25) is 4.79 Å². The van der Waals surface area contributed by atoms with E-state index in [-0.39, 0.29) is 11.4 Å². The van der Waals surface area contributed by atoms with Crippen molar-refractivity contribution >= 4 is 5.97 Å². The number of carbonyl (C=O) groups excluding carboxylic acids is 1. The van der Waals surface area contributed by atoms with Crippen LogP contribution in [0.1, 0.15) is 84.5 Å². The van der Waals surface area contributed by atoms with Gasteiger partial charge in [-0.05, 0) is 58.8 Å². The van der Waals surface area contributed by atoms with Gasteiger partial charge >= 0.3 is 5.97 Å². The molecule has 2 aliphatic carbocycles. The second-order valence-corrected chi connectivity index (χ2v) is 8.47. The highest BCUT2D eigenvalue weighted by Gasteiger charge is 2.40. The first-order valence-electron chi connectivity index (χ1n) is 10.0. The second kappa shape index (κ2) is 8.18. The van der Waals surface area contributed by atoms with Crippen LogP contribution in [-0.4, -0.2) is 37.0 Å². The summed E-state index contributed by atoms with van der Waals surface area (Å²) in [6, 6.07) is 0. The minimum Gasteiger partial charge on any atom is -0.465 e. The van der Waals surface area contributed by atoms with Gasteiger partial charge in [0.15, 0.2) is 0 Å². The summed E-state index contributed by atoms with van der Waals surface area (Å²) in [5.41, 5.74) is -0.240. The molecule has 0 bridgehead atoms. The molecular formula is C20H34O4. The standard InChI is InChI=1S/C8H14O2.2C6H10O/c1-8(2)5-3-4-6-10-7(8)9;2*1-2-4-6-5(3-1)7-6/h3-6H2,1-2H3;2*5-6H,1-4H2. The summed E-state index contributed by atoms with van der Waals surface area (Å²) < 4.78 is 15.5. The van der Waals surface area contributed by atoms with Gasteiger partial charge < -0.3 is 14.2 Å². The fourth-order valence-corrected chi connectivity index (χ4v) is 3.89. The second-order valence-electron chi connectivity index (χ2n) is 8.47. The van der Waals surface area contributed by atoms with Gasteiger partial charge in [-0.2, -0.15) is 0 Å². The van der Waals surface area contributed by atoms with Crippen LogP contribution < -0.4 is 0 Å². The summed E-state index contributed by atoms with van der Waals surface area (Å²) in [5, 5.41) is 0. The van der Waals surface area contributed by atoms with Gasteiger partial charge in [0.2, 0.25) is 0 Å². The molecule has 3 heterocycles. The molecule has 2 saturated carbocycles. The van der Waals surface area contributed by atoms with Crippen LogP contribution in [0.5, 0.6) is 0 Å². The molecule has 4 atom stereocenters. The van der Waals surface area contributed by atoms with Crippen LogP contribution in [0.3, 0.4) is 0 Å². The monoisotopic (exact) mass is 338 g/mol. The summed E-state index contributed by atoms with van der Waals surface area (Å²) in [7, 11) is 0. The van der Waals surface area contributed by atoms with Gasteiger partial charge in [0, 0.05) is 0 Å². The maximum atomic E-state index is 11.1. The van der Waals surface area contributed by atoms with Crippen molar-refractivity contribution in [3.05, 3.63) is 0 Å². The highest BCUT2D eigenvalue weighted by Crippen LogP contribution is 2.36. The molecule has 0 N–H and O–H groups in total. The van der Waals surface area contributed by atoms with Crippen LogP contribution in [0.2, 0.25) is 0 Å². The van der Waals surface area contributed by atoms with Crippen molar-refractivity contribution < 1.29 is 19.0 Å². The first-order chi connectivity index (χ1) is 11.6. The van der Waals surface area contributed by atoms with Crippen LogP contribution in [-0.2, 0) is 19.0 Å². The zero-order chi connectivity index (χ0) is 17.0. The van der Waals surface area contributed by atoms with Crippen LogP contribution in [0.15, 0.2) is 0 Å². The van der Waals surface area contributed by atoms with Crippen molar-refractivity contribution in [2.75, 3.05) is 6.61 Å². The smallest absolute Gasteiger partial charge is 0.311 e. The molecule has 5 rings (SSSR count). The molecule has 5 aliphatic rings. The summed E-state index contributed by atoms with van der Waals surface area (Å²) in [4.78, 5) is 11.1. The Morgan fingerprint density at radius 2 is 1.21 bits per heavy atom. The fraction of sp³-hybridized carbons (Fsp3) is 0.950. The molecule has 0 aromatic carbocycles. The van der Waals surface area contributed by atoms with Crippen LogP contribution >= 0.6 is 0 Å². The van der Waals surface area contributed by atoms with Crippen molar-refractivity contribution in [1.82, 2.24) is 0 Å². The SMILES string of the molecule is C1CCC2OC2C1.C1CCC2OC2C1.CC1(C)CCCCOC1=O. The predicted molar refractivity (Wildman–Crippen MR) is 92.8 cm³/mol. The van der Waals surface area contributed by atoms with E-state index in [1.54, 1.807) is 0 Å². The van der Waals surface area contributed by atoms with Crippen LogP contribution in [0, 0.1) is 5.41 Å². The first kappa shape index (κ1) is 18.2. The maximum Gasteiger partial charge on any atom is 0.311 e. The molecule has 0 spiro atoms. The number of carbonyl (C=O) groups is 1. The van der Waals surface area contributed by atoms with Crippen molar-refractivity contribution in [1.29, 1.82) is 0 Å². The molecule has 3 aliphatic heterocycles. The van der Waals surface area contributed by atoms with Gasteiger partial charge in [-0.25, -0.2) is 0 Å². The Kier molecular flexibility index (Phi) is 6.20. The Bertz CT molecular complexity index is 378. The molecule has 4 unspecified atom stereocenters. The molecule has 0 aromatic heterocycles. The lowest BCUT2D eigenvalue weighted by Crippen LogP contribution is -2.24. The minimum atomic E-state index is -0.240.